The number of primary amides is 1. The van der Waals surface area contributed by atoms with Crippen molar-refractivity contribution in [1.82, 2.24) is 4.57 Å². The monoisotopic (exact) mass is 359 g/mol. The van der Waals surface area contributed by atoms with Crippen molar-refractivity contribution in [3.8, 4) is 11.3 Å². The Balaban J connectivity index is 1.66. The van der Waals surface area contributed by atoms with Crippen LogP contribution >= 0.6 is 0 Å². The average molecular weight is 359 g/mol. The number of carbonyl (C=O) groups excluding carboxylic acids is 2. The topological polar surface area (TPSA) is 90.3 Å². The van der Waals surface area contributed by atoms with Crippen LogP contribution in [0.3, 0.4) is 0 Å². The Morgan fingerprint density at radius 1 is 1.04 bits per heavy atom. The fourth-order valence-corrected chi connectivity index (χ4v) is 3.12. The molecule has 0 atom stereocenters. The second-order valence-electron chi connectivity index (χ2n) is 6.23. The van der Waals surface area contributed by atoms with E-state index in [0.29, 0.717) is 11.4 Å². The molecule has 6 heteroatoms. The van der Waals surface area contributed by atoms with Crippen molar-refractivity contribution < 1.29 is 14.0 Å². The summed E-state index contributed by atoms with van der Waals surface area (Å²) in [4.78, 5) is 24.2. The van der Waals surface area contributed by atoms with Crippen molar-refractivity contribution in [3.63, 3.8) is 0 Å². The van der Waals surface area contributed by atoms with Gasteiger partial charge >= 0.3 is 6.03 Å². The molecule has 27 heavy (non-hydrogen) atoms. The summed E-state index contributed by atoms with van der Waals surface area (Å²) in [6.07, 6.45) is 1.48. The van der Waals surface area contributed by atoms with E-state index < -0.39 is 6.03 Å². The smallest absolute Gasteiger partial charge is 0.323 e. The molecule has 2 aromatic carbocycles. The number of hydrogen-bond acceptors (Lipinski definition) is 3. The van der Waals surface area contributed by atoms with Gasteiger partial charge in [-0.05, 0) is 42.8 Å². The Labute approximate surface area is 155 Å². The van der Waals surface area contributed by atoms with E-state index in [1.165, 1.54) is 10.8 Å². The summed E-state index contributed by atoms with van der Waals surface area (Å²) in [7, 11) is 0. The van der Waals surface area contributed by atoms with Gasteiger partial charge in [0, 0.05) is 16.6 Å². The van der Waals surface area contributed by atoms with Crippen molar-refractivity contribution in [3.05, 3.63) is 78.3 Å². The number of nitrogens with zero attached hydrogens (tertiary/aromatic N) is 1. The first-order valence-corrected chi connectivity index (χ1v) is 8.41. The largest absolute Gasteiger partial charge is 0.459 e. The number of carbonyl (C=O) groups is 2. The molecule has 0 spiro atoms. The number of furan rings is 1. The van der Waals surface area contributed by atoms with Gasteiger partial charge in [0.05, 0.1) is 17.5 Å². The van der Waals surface area contributed by atoms with Crippen LogP contribution in [0.4, 0.5) is 10.5 Å². The number of hydrogen-bond donors (Lipinski definition) is 2. The van der Waals surface area contributed by atoms with E-state index in [1.807, 2.05) is 49.4 Å². The molecule has 0 aliphatic heterocycles. The number of para-hydroxylation sites is 1. The van der Waals surface area contributed by atoms with Crippen LogP contribution in [0.5, 0.6) is 0 Å². The van der Waals surface area contributed by atoms with E-state index in [1.54, 1.807) is 18.2 Å². The van der Waals surface area contributed by atoms with Crippen molar-refractivity contribution in [2.75, 3.05) is 5.32 Å². The predicted octanol–water partition coefficient (Wildman–Crippen LogP) is 4.39. The van der Waals surface area contributed by atoms with Gasteiger partial charge in [-0.3, -0.25) is 9.36 Å². The fourth-order valence-electron chi connectivity index (χ4n) is 3.12. The third-order valence-corrected chi connectivity index (χ3v) is 4.44. The average Bonchev–Trinajstić information content (AvgIpc) is 3.25. The minimum atomic E-state index is -0.545. The summed E-state index contributed by atoms with van der Waals surface area (Å²) in [5.74, 6) is -0.0237. The van der Waals surface area contributed by atoms with Gasteiger partial charge in [-0.25, -0.2) is 4.79 Å². The van der Waals surface area contributed by atoms with Crippen LogP contribution in [0.2, 0.25) is 0 Å². The molecule has 134 valence electrons. The zero-order valence-corrected chi connectivity index (χ0v) is 14.6. The van der Waals surface area contributed by atoms with E-state index in [-0.39, 0.29) is 11.7 Å². The highest BCUT2D eigenvalue weighted by atomic mass is 16.3. The Kier molecular flexibility index (Phi) is 4.01. The first-order chi connectivity index (χ1) is 13.0. The quantitative estimate of drug-likeness (QED) is 0.568. The second kappa shape index (κ2) is 6.49. The number of fused-ring (bicyclic) bond motifs is 1. The second-order valence-corrected chi connectivity index (χ2v) is 6.23. The number of nitrogens with two attached hydrogens (primary N) is 1. The molecule has 0 fully saturated rings. The predicted molar refractivity (Wildman–Crippen MR) is 104 cm³/mol. The molecule has 2 heterocycles. The number of rotatable bonds is 3. The highest BCUT2D eigenvalue weighted by molar-refractivity contribution is 6.03. The SMILES string of the molecule is Cc1ccoc1C(=O)Nc1ccc(-c2cc3ccccc3n2C(N)=O)cc1. The lowest BCUT2D eigenvalue weighted by atomic mass is 10.1. The first-order valence-electron chi connectivity index (χ1n) is 8.41. The third kappa shape index (κ3) is 2.97. The Morgan fingerprint density at radius 3 is 2.44 bits per heavy atom. The molecule has 0 saturated carbocycles. The molecule has 0 aliphatic carbocycles. The summed E-state index contributed by atoms with van der Waals surface area (Å²) in [5.41, 5.74) is 9.25. The van der Waals surface area contributed by atoms with Crippen LogP contribution in [-0.2, 0) is 0 Å². The van der Waals surface area contributed by atoms with Gasteiger partial charge in [0.2, 0.25) is 0 Å². The molecule has 2 amide bonds. The molecule has 0 unspecified atom stereocenters. The molecular formula is C21H17N3O3. The maximum Gasteiger partial charge on any atom is 0.323 e. The van der Waals surface area contributed by atoms with Gasteiger partial charge in [0.1, 0.15) is 0 Å². The summed E-state index contributed by atoms with van der Waals surface area (Å²) >= 11 is 0. The maximum atomic E-state index is 12.2. The first kappa shape index (κ1) is 16.7. The number of aromatic nitrogens is 1. The van der Waals surface area contributed by atoms with Gasteiger partial charge in [0.25, 0.3) is 5.91 Å². The highest BCUT2D eigenvalue weighted by Crippen LogP contribution is 2.29. The zero-order valence-electron chi connectivity index (χ0n) is 14.6. The van der Waals surface area contributed by atoms with Crippen molar-refractivity contribution >= 4 is 28.5 Å². The van der Waals surface area contributed by atoms with Crippen LogP contribution in [-0.4, -0.2) is 16.5 Å². The molecule has 0 saturated heterocycles. The van der Waals surface area contributed by atoms with Crippen LogP contribution in [0.25, 0.3) is 22.2 Å². The Morgan fingerprint density at radius 2 is 1.78 bits per heavy atom. The number of anilines is 1. The van der Waals surface area contributed by atoms with Crippen LogP contribution < -0.4 is 11.1 Å². The van der Waals surface area contributed by atoms with Gasteiger partial charge in [-0.15, -0.1) is 0 Å². The Hall–Kier alpha value is -3.80. The van der Waals surface area contributed by atoms with Crippen LogP contribution in [0.15, 0.2) is 71.3 Å². The van der Waals surface area contributed by atoms with Gasteiger partial charge < -0.3 is 15.5 Å². The highest BCUT2D eigenvalue weighted by Gasteiger charge is 2.15. The van der Waals surface area contributed by atoms with Crippen molar-refractivity contribution in [2.45, 2.75) is 6.92 Å². The Bertz CT molecular complexity index is 1150. The molecule has 6 nitrogen and oxygen atoms in total. The van der Waals surface area contributed by atoms with E-state index in [0.717, 1.165) is 22.0 Å². The minimum Gasteiger partial charge on any atom is -0.459 e. The number of benzene rings is 2. The van der Waals surface area contributed by atoms with E-state index in [4.69, 9.17) is 10.2 Å². The van der Waals surface area contributed by atoms with Crippen LogP contribution in [0.1, 0.15) is 16.1 Å². The van der Waals surface area contributed by atoms with E-state index >= 15 is 0 Å². The number of nitrogens with one attached hydrogen (secondary N) is 1. The van der Waals surface area contributed by atoms with Gasteiger partial charge in [-0.1, -0.05) is 30.3 Å². The summed E-state index contributed by atoms with van der Waals surface area (Å²) in [6.45, 7) is 1.81. The molecule has 0 aliphatic rings. The molecule has 4 aromatic rings. The standard InChI is InChI=1S/C21H17N3O3/c1-13-10-11-27-19(13)20(25)23-16-8-6-14(7-9-16)18-12-15-4-2-3-5-17(15)24(18)21(22)26/h2-12H,1H3,(H2,22,26)(H,23,25). The van der Waals surface area contributed by atoms with Gasteiger partial charge in [0.15, 0.2) is 5.76 Å². The minimum absolute atomic E-state index is 0.285. The molecule has 4 rings (SSSR count). The lowest BCUT2D eigenvalue weighted by molar-refractivity contribution is 0.0996. The molecule has 2 aromatic heterocycles. The van der Waals surface area contributed by atoms with Crippen molar-refractivity contribution in [1.29, 1.82) is 0 Å². The maximum absolute atomic E-state index is 12.2. The molecular weight excluding hydrogens is 342 g/mol. The van der Waals surface area contributed by atoms with Gasteiger partial charge in [-0.2, -0.15) is 0 Å². The third-order valence-electron chi connectivity index (χ3n) is 4.44. The summed E-state index contributed by atoms with van der Waals surface area (Å²) in [5, 5.41) is 3.72. The van der Waals surface area contributed by atoms with E-state index in [9.17, 15) is 9.59 Å². The lowest BCUT2D eigenvalue weighted by Gasteiger charge is -2.08. The number of amides is 2. The molecule has 3 N–H and O–H groups in total. The molecule has 0 radical (unpaired) electrons. The lowest BCUT2D eigenvalue weighted by Crippen LogP contribution is -2.20. The fraction of sp³-hybridized carbons (Fsp3) is 0.0476. The summed E-state index contributed by atoms with van der Waals surface area (Å²) in [6, 6.07) is 17.9. The van der Waals surface area contributed by atoms with Crippen molar-refractivity contribution in [2.24, 2.45) is 5.73 Å². The van der Waals surface area contributed by atoms with E-state index in [2.05, 4.69) is 5.32 Å². The number of aryl methyl sites for hydroxylation is 1. The summed E-state index contributed by atoms with van der Waals surface area (Å²) < 4.78 is 6.68. The molecule has 0 bridgehead atoms. The normalized spacial score (nSPS) is 10.9. The van der Waals surface area contributed by atoms with Crippen LogP contribution in [0, 0.1) is 6.92 Å². The zero-order chi connectivity index (χ0) is 19.0.